The highest BCUT2D eigenvalue weighted by Gasteiger charge is 2.31. The molecule has 1 heterocycles. The van der Waals surface area contributed by atoms with Crippen molar-refractivity contribution in [3.05, 3.63) is 42.0 Å². The lowest BCUT2D eigenvalue weighted by atomic mass is 9.89. The molecule has 3 fully saturated rings. The van der Waals surface area contributed by atoms with Gasteiger partial charge in [-0.15, -0.1) is 0 Å². The van der Waals surface area contributed by atoms with Gasteiger partial charge in [-0.05, 0) is 80.0 Å². The number of anilines is 1. The Morgan fingerprint density at radius 1 is 0.929 bits per heavy atom. The highest BCUT2D eigenvalue weighted by Crippen LogP contribution is 2.32. The first kappa shape index (κ1) is 17.9. The number of hydrogen-bond acceptors (Lipinski definition) is 3. The third-order valence-corrected chi connectivity index (χ3v) is 6.43. The minimum Gasteiger partial charge on any atom is -0.326 e. The normalized spacial score (nSPS) is 22.9. The van der Waals surface area contributed by atoms with Gasteiger partial charge in [0.05, 0.1) is 0 Å². The Labute approximate surface area is 166 Å². The number of rotatable bonds is 6. The van der Waals surface area contributed by atoms with Crippen molar-refractivity contribution in [2.75, 3.05) is 25.0 Å². The first-order valence-electron chi connectivity index (χ1n) is 10.8. The molecule has 0 spiro atoms. The first-order chi connectivity index (χ1) is 13.7. The third kappa shape index (κ3) is 3.97. The molecular formula is C24H28N2O2. The Kier molecular flexibility index (Phi) is 4.67. The second kappa shape index (κ2) is 7.32. The van der Waals surface area contributed by atoms with Gasteiger partial charge in [-0.3, -0.25) is 9.59 Å². The molecule has 3 aliphatic rings. The van der Waals surface area contributed by atoms with Gasteiger partial charge in [0, 0.05) is 36.2 Å². The molecule has 4 nitrogen and oxygen atoms in total. The summed E-state index contributed by atoms with van der Waals surface area (Å²) in [6.45, 7) is 3.24. The van der Waals surface area contributed by atoms with Crippen LogP contribution in [0.25, 0.3) is 10.8 Å². The van der Waals surface area contributed by atoms with E-state index in [1.54, 1.807) is 0 Å². The van der Waals surface area contributed by atoms with Gasteiger partial charge in [0.15, 0.2) is 5.78 Å². The maximum absolute atomic E-state index is 13.1. The molecule has 146 valence electrons. The van der Waals surface area contributed by atoms with Gasteiger partial charge in [-0.2, -0.15) is 0 Å². The summed E-state index contributed by atoms with van der Waals surface area (Å²) in [4.78, 5) is 27.6. The predicted molar refractivity (Wildman–Crippen MR) is 112 cm³/mol. The van der Waals surface area contributed by atoms with Crippen LogP contribution in [0, 0.1) is 17.8 Å². The van der Waals surface area contributed by atoms with Gasteiger partial charge in [-0.25, -0.2) is 0 Å². The van der Waals surface area contributed by atoms with Crippen LogP contribution in [0.2, 0.25) is 0 Å². The monoisotopic (exact) mass is 376 g/mol. The van der Waals surface area contributed by atoms with E-state index in [4.69, 9.17) is 0 Å². The number of likely N-dealkylation sites (tertiary alicyclic amines) is 1. The van der Waals surface area contributed by atoms with Crippen LogP contribution in [0.3, 0.4) is 0 Å². The second-order valence-corrected chi connectivity index (χ2v) is 8.95. The Morgan fingerprint density at radius 3 is 2.50 bits per heavy atom. The van der Waals surface area contributed by atoms with Crippen molar-refractivity contribution >= 4 is 28.2 Å². The molecule has 0 aromatic heterocycles. The smallest absolute Gasteiger partial charge is 0.227 e. The molecule has 2 aromatic carbocycles. The van der Waals surface area contributed by atoms with Crippen molar-refractivity contribution in [3.8, 4) is 0 Å². The lowest BCUT2D eigenvalue weighted by molar-refractivity contribution is -0.117. The zero-order valence-electron chi connectivity index (χ0n) is 16.3. The Morgan fingerprint density at radius 2 is 1.71 bits per heavy atom. The molecule has 28 heavy (non-hydrogen) atoms. The molecule has 5 rings (SSSR count). The fourth-order valence-electron chi connectivity index (χ4n) is 4.40. The van der Waals surface area contributed by atoms with Crippen molar-refractivity contribution in [1.82, 2.24) is 4.90 Å². The number of hydrogen-bond donors (Lipinski definition) is 1. The number of Topliss-reactive ketones (excluding diaryl/α,β-unsaturated/α-hetero) is 1. The standard InChI is InChI=1S/C24H28N2O2/c27-23(21-2-1-11-26(15-21)14-16-3-4-16)20-8-7-19-13-22(10-9-18(19)12-20)25-24(28)17-5-6-17/h7-10,12-13,16-17,21H,1-6,11,14-15H2,(H,25,28). The van der Waals surface area contributed by atoms with Crippen molar-refractivity contribution in [2.45, 2.75) is 38.5 Å². The van der Waals surface area contributed by atoms with Gasteiger partial charge in [0.1, 0.15) is 0 Å². The number of piperidine rings is 1. The van der Waals surface area contributed by atoms with Crippen LogP contribution >= 0.6 is 0 Å². The molecule has 1 N–H and O–H groups in total. The number of ketones is 1. The molecule has 1 saturated heterocycles. The lowest BCUT2D eigenvalue weighted by Gasteiger charge is -2.32. The van der Waals surface area contributed by atoms with E-state index in [1.165, 1.54) is 19.4 Å². The number of carbonyl (C=O) groups excluding carboxylic acids is 2. The topological polar surface area (TPSA) is 49.4 Å². The highest BCUT2D eigenvalue weighted by atomic mass is 16.2. The zero-order chi connectivity index (χ0) is 19.1. The number of fused-ring (bicyclic) bond motifs is 1. The molecule has 1 aliphatic heterocycles. The summed E-state index contributed by atoms with van der Waals surface area (Å²) < 4.78 is 0. The lowest BCUT2D eigenvalue weighted by Crippen LogP contribution is -2.39. The van der Waals surface area contributed by atoms with Gasteiger partial charge < -0.3 is 10.2 Å². The average Bonchev–Trinajstić information content (AvgIpc) is 3.61. The Bertz CT molecular complexity index is 914. The van der Waals surface area contributed by atoms with Crippen LogP contribution < -0.4 is 5.32 Å². The van der Waals surface area contributed by atoms with Gasteiger partial charge in [-0.1, -0.05) is 18.2 Å². The molecule has 2 aromatic rings. The van der Waals surface area contributed by atoms with Crippen LogP contribution in [0.5, 0.6) is 0 Å². The van der Waals surface area contributed by atoms with Crippen molar-refractivity contribution in [2.24, 2.45) is 17.8 Å². The number of benzene rings is 2. The minimum atomic E-state index is 0.124. The average molecular weight is 377 g/mol. The molecule has 2 aliphatic carbocycles. The fraction of sp³-hybridized carbons (Fsp3) is 0.500. The van der Waals surface area contributed by atoms with Gasteiger partial charge in [0.25, 0.3) is 0 Å². The molecule has 1 atom stereocenters. The quantitative estimate of drug-likeness (QED) is 0.756. The molecule has 1 unspecified atom stereocenters. The van der Waals surface area contributed by atoms with E-state index in [0.717, 1.165) is 66.7 Å². The molecule has 0 radical (unpaired) electrons. The van der Waals surface area contributed by atoms with Crippen molar-refractivity contribution < 1.29 is 9.59 Å². The van der Waals surface area contributed by atoms with E-state index in [9.17, 15) is 9.59 Å². The Hall–Kier alpha value is -2.20. The zero-order valence-corrected chi connectivity index (χ0v) is 16.3. The maximum Gasteiger partial charge on any atom is 0.227 e. The summed E-state index contributed by atoms with van der Waals surface area (Å²) in [5.41, 5.74) is 1.66. The highest BCUT2D eigenvalue weighted by molar-refractivity contribution is 6.02. The minimum absolute atomic E-state index is 0.124. The summed E-state index contributed by atoms with van der Waals surface area (Å²) in [5, 5.41) is 5.11. The van der Waals surface area contributed by atoms with E-state index in [2.05, 4.69) is 10.2 Å². The maximum atomic E-state index is 13.1. The van der Waals surface area contributed by atoms with Crippen LogP contribution in [0.1, 0.15) is 48.9 Å². The number of carbonyl (C=O) groups is 2. The Balaban J connectivity index is 1.29. The van der Waals surface area contributed by atoms with Crippen molar-refractivity contribution in [1.29, 1.82) is 0 Å². The molecule has 1 amide bonds. The van der Waals surface area contributed by atoms with Crippen LogP contribution in [-0.4, -0.2) is 36.2 Å². The molecular weight excluding hydrogens is 348 g/mol. The van der Waals surface area contributed by atoms with Gasteiger partial charge in [0.2, 0.25) is 5.91 Å². The molecule has 4 heteroatoms. The van der Waals surface area contributed by atoms with Crippen molar-refractivity contribution in [3.63, 3.8) is 0 Å². The predicted octanol–water partition coefficient (Wildman–Crippen LogP) is 4.49. The summed E-state index contributed by atoms with van der Waals surface area (Å²) in [7, 11) is 0. The number of amides is 1. The van der Waals surface area contributed by atoms with Crippen LogP contribution in [0.4, 0.5) is 5.69 Å². The van der Waals surface area contributed by atoms with Crippen LogP contribution in [-0.2, 0) is 4.79 Å². The third-order valence-electron chi connectivity index (χ3n) is 6.43. The first-order valence-corrected chi connectivity index (χ1v) is 10.8. The SMILES string of the molecule is O=C(Nc1ccc2cc(C(=O)C3CCCN(CC4CC4)C3)ccc2c1)C1CC1. The van der Waals surface area contributed by atoms with E-state index in [-0.39, 0.29) is 23.5 Å². The number of nitrogens with zero attached hydrogens (tertiary/aromatic N) is 1. The van der Waals surface area contributed by atoms with Crippen LogP contribution in [0.15, 0.2) is 36.4 Å². The van der Waals surface area contributed by atoms with E-state index in [0.29, 0.717) is 0 Å². The molecule has 0 bridgehead atoms. The number of nitrogens with one attached hydrogen (secondary N) is 1. The second-order valence-electron chi connectivity index (χ2n) is 8.95. The fourth-order valence-corrected chi connectivity index (χ4v) is 4.40. The largest absolute Gasteiger partial charge is 0.326 e. The summed E-state index contributed by atoms with van der Waals surface area (Å²) in [6, 6.07) is 11.9. The van der Waals surface area contributed by atoms with E-state index >= 15 is 0 Å². The summed E-state index contributed by atoms with van der Waals surface area (Å²) >= 11 is 0. The summed E-state index contributed by atoms with van der Waals surface area (Å²) in [6.07, 6.45) is 6.87. The molecule has 2 saturated carbocycles. The van der Waals surface area contributed by atoms with Gasteiger partial charge >= 0.3 is 0 Å². The van der Waals surface area contributed by atoms with E-state index < -0.39 is 0 Å². The van der Waals surface area contributed by atoms with E-state index in [1.807, 2.05) is 36.4 Å². The summed E-state index contributed by atoms with van der Waals surface area (Å²) in [5.74, 6) is 1.62.